The highest BCUT2D eigenvalue weighted by molar-refractivity contribution is 5.97. The van der Waals surface area contributed by atoms with Crippen molar-refractivity contribution in [2.24, 2.45) is 0 Å². The average molecular weight is 320 g/mol. The summed E-state index contributed by atoms with van der Waals surface area (Å²) >= 11 is 0. The van der Waals surface area contributed by atoms with Gasteiger partial charge in [-0.3, -0.25) is 4.79 Å². The van der Waals surface area contributed by atoms with Crippen LogP contribution < -0.4 is 0 Å². The van der Waals surface area contributed by atoms with Gasteiger partial charge in [0.25, 0.3) is 5.91 Å². The van der Waals surface area contributed by atoms with Crippen molar-refractivity contribution in [2.75, 3.05) is 0 Å². The molecule has 0 unspecified atom stereocenters. The molecule has 1 amide bonds. The summed E-state index contributed by atoms with van der Waals surface area (Å²) in [5.41, 5.74) is 4.67. The Morgan fingerprint density at radius 3 is 2.50 bits per heavy atom. The molecule has 5 nitrogen and oxygen atoms in total. The van der Waals surface area contributed by atoms with Crippen molar-refractivity contribution in [3.63, 3.8) is 0 Å². The fourth-order valence-corrected chi connectivity index (χ4v) is 2.97. The number of carbonyl (C=O) groups excluding carboxylic acids is 1. The first-order chi connectivity index (χ1) is 11.7. The van der Waals surface area contributed by atoms with Gasteiger partial charge in [-0.1, -0.05) is 31.2 Å². The molecule has 2 aromatic carbocycles. The van der Waals surface area contributed by atoms with Crippen LogP contribution in [0.1, 0.15) is 41.3 Å². The van der Waals surface area contributed by atoms with E-state index in [4.69, 9.17) is 0 Å². The van der Waals surface area contributed by atoms with E-state index in [0.29, 0.717) is 18.2 Å². The van der Waals surface area contributed by atoms with Crippen LogP contribution in [-0.4, -0.2) is 32.3 Å². The third kappa shape index (κ3) is 2.89. The van der Waals surface area contributed by atoms with Crippen molar-refractivity contribution in [2.45, 2.75) is 38.8 Å². The molecule has 0 bridgehead atoms. The fourth-order valence-electron chi connectivity index (χ4n) is 2.97. The molecule has 1 aliphatic rings. The molecule has 0 atom stereocenters. The Morgan fingerprint density at radius 1 is 1.08 bits per heavy atom. The second kappa shape index (κ2) is 6.07. The van der Waals surface area contributed by atoms with E-state index in [1.165, 1.54) is 11.1 Å². The van der Waals surface area contributed by atoms with Gasteiger partial charge in [0.2, 0.25) is 0 Å². The lowest BCUT2D eigenvalue weighted by Crippen LogP contribution is -2.32. The molecule has 1 fully saturated rings. The molecule has 1 heterocycles. The van der Waals surface area contributed by atoms with Crippen molar-refractivity contribution >= 4 is 16.9 Å². The molecule has 5 heteroatoms. The van der Waals surface area contributed by atoms with E-state index in [9.17, 15) is 4.79 Å². The first kappa shape index (κ1) is 14.9. The van der Waals surface area contributed by atoms with Crippen LogP contribution in [0.2, 0.25) is 0 Å². The predicted molar refractivity (Wildman–Crippen MR) is 92.6 cm³/mol. The highest BCUT2D eigenvalue weighted by Gasteiger charge is 2.33. The monoisotopic (exact) mass is 320 g/mol. The lowest BCUT2D eigenvalue weighted by Gasteiger charge is -2.23. The van der Waals surface area contributed by atoms with E-state index in [0.717, 1.165) is 30.3 Å². The minimum Gasteiger partial charge on any atom is -0.331 e. The highest BCUT2D eigenvalue weighted by Crippen LogP contribution is 2.30. The first-order valence-corrected chi connectivity index (χ1v) is 8.44. The van der Waals surface area contributed by atoms with Crippen LogP contribution in [0.25, 0.3) is 11.0 Å². The number of rotatable bonds is 5. The summed E-state index contributed by atoms with van der Waals surface area (Å²) in [5.74, 6) is 0.0713. The van der Waals surface area contributed by atoms with Crippen molar-refractivity contribution in [3.8, 4) is 0 Å². The Labute approximate surface area is 140 Å². The van der Waals surface area contributed by atoms with Crippen molar-refractivity contribution in [1.82, 2.24) is 20.3 Å². The molecule has 1 N–H and O–H groups in total. The van der Waals surface area contributed by atoms with E-state index in [1.807, 2.05) is 23.1 Å². The van der Waals surface area contributed by atoms with E-state index < -0.39 is 0 Å². The second-order valence-corrected chi connectivity index (χ2v) is 6.36. The summed E-state index contributed by atoms with van der Waals surface area (Å²) < 4.78 is 0. The molecule has 0 radical (unpaired) electrons. The van der Waals surface area contributed by atoms with Crippen LogP contribution >= 0.6 is 0 Å². The number of nitrogens with zero attached hydrogens (tertiary/aromatic N) is 3. The molecule has 0 aliphatic heterocycles. The third-order valence-electron chi connectivity index (χ3n) is 4.60. The number of carbonyl (C=O) groups is 1. The van der Waals surface area contributed by atoms with Crippen molar-refractivity contribution in [1.29, 1.82) is 0 Å². The number of hydrogen-bond donors (Lipinski definition) is 1. The maximum Gasteiger partial charge on any atom is 0.254 e. The number of nitrogens with one attached hydrogen (secondary N) is 1. The molecule has 3 aromatic rings. The average Bonchev–Trinajstić information content (AvgIpc) is 3.36. The molecule has 0 saturated heterocycles. The molecule has 1 aromatic heterocycles. The summed E-state index contributed by atoms with van der Waals surface area (Å²) in [6.07, 6.45) is 3.21. The van der Waals surface area contributed by atoms with Gasteiger partial charge < -0.3 is 4.90 Å². The van der Waals surface area contributed by atoms with Gasteiger partial charge in [0.15, 0.2) is 0 Å². The number of aromatic nitrogens is 3. The van der Waals surface area contributed by atoms with Gasteiger partial charge in [0.05, 0.1) is 0 Å². The summed E-state index contributed by atoms with van der Waals surface area (Å²) in [5, 5.41) is 10.7. The summed E-state index contributed by atoms with van der Waals surface area (Å²) in [6, 6.07) is 14.4. The summed E-state index contributed by atoms with van der Waals surface area (Å²) in [6.45, 7) is 2.80. The predicted octanol–water partition coefficient (Wildman–Crippen LogP) is 3.33. The van der Waals surface area contributed by atoms with Crippen molar-refractivity contribution in [3.05, 3.63) is 59.2 Å². The third-order valence-corrected chi connectivity index (χ3v) is 4.60. The van der Waals surface area contributed by atoms with E-state index >= 15 is 0 Å². The van der Waals surface area contributed by atoms with Gasteiger partial charge in [-0.25, -0.2) is 0 Å². The molecular formula is C19H20N4O. The topological polar surface area (TPSA) is 61.9 Å². The molecule has 1 aliphatic carbocycles. The molecule has 0 spiro atoms. The van der Waals surface area contributed by atoms with Gasteiger partial charge in [0.1, 0.15) is 11.0 Å². The molecular weight excluding hydrogens is 300 g/mol. The smallest absolute Gasteiger partial charge is 0.254 e. The lowest BCUT2D eigenvalue weighted by atomic mass is 10.1. The zero-order valence-electron chi connectivity index (χ0n) is 13.7. The molecule has 4 rings (SSSR count). The normalized spacial score (nSPS) is 14.0. The lowest BCUT2D eigenvalue weighted by molar-refractivity contribution is 0.0730. The van der Waals surface area contributed by atoms with Crippen LogP contribution in [0.5, 0.6) is 0 Å². The van der Waals surface area contributed by atoms with Gasteiger partial charge in [-0.05, 0) is 48.6 Å². The minimum atomic E-state index is 0.0713. The van der Waals surface area contributed by atoms with Crippen LogP contribution in [0.4, 0.5) is 0 Å². The standard InChI is InChI=1S/C19H20N4O/c1-2-13-3-5-14(6-4-13)12-23(16-8-9-16)19(24)15-7-10-17-18(11-15)21-22-20-17/h3-7,10-11,16H,2,8-9,12H2,1H3,(H,20,21,22). The highest BCUT2D eigenvalue weighted by atomic mass is 16.2. The molecule has 24 heavy (non-hydrogen) atoms. The Balaban J connectivity index is 1.58. The van der Waals surface area contributed by atoms with E-state index in [2.05, 4.69) is 46.6 Å². The zero-order valence-corrected chi connectivity index (χ0v) is 13.7. The Hall–Kier alpha value is -2.69. The Morgan fingerprint density at radius 2 is 1.79 bits per heavy atom. The number of aryl methyl sites for hydroxylation is 1. The van der Waals surface area contributed by atoms with Gasteiger partial charge >= 0.3 is 0 Å². The van der Waals surface area contributed by atoms with Gasteiger partial charge in [-0.15, -0.1) is 0 Å². The number of fused-ring (bicyclic) bond motifs is 1. The summed E-state index contributed by atoms with van der Waals surface area (Å²) in [7, 11) is 0. The SMILES string of the molecule is CCc1ccc(CN(C(=O)c2ccc3n[nH]nc3c2)C2CC2)cc1. The van der Waals surface area contributed by atoms with Crippen molar-refractivity contribution < 1.29 is 4.79 Å². The number of H-pyrrole nitrogens is 1. The number of aromatic amines is 1. The summed E-state index contributed by atoms with van der Waals surface area (Å²) in [4.78, 5) is 15.0. The van der Waals surface area contributed by atoms with Crippen LogP contribution in [0, 0.1) is 0 Å². The van der Waals surface area contributed by atoms with Gasteiger partial charge in [0, 0.05) is 18.2 Å². The Kier molecular flexibility index (Phi) is 3.76. The van der Waals surface area contributed by atoms with Gasteiger partial charge in [-0.2, -0.15) is 15.4 Å². The quantitative estimate of drug-likeness (QED) is 0.784. The number of benzene rings is 2. The fraction of sp³-hybridized carbons (Fsp3) is 0.316. The molecule has 1 saturated carbocycles. The number of hydrogen-bond acceptors (Lipinski definition) is 3. The van der Waals surface area contributed by atoms with E-state index in [-0.39, 0.29) is 5.91 Å². The zero-order chi connectivity index (χ0) is 16.5. The first-order valence-electron chi connectivity index (χ1n) is 8.44. The molecule has 122 valence electrons. The van der Waals surface area contributed by atoms with Crippen LogP contribution in [0.3, 0.4) is 0 Å². The van der Waals surface area contributed by atoms with Crippen LogP contribution in [0.15, 0.2) is 42.5 Å². The Bertz CT molecular complexity index is 864. The minimum absolute atomic E-state index is 0.0713. The van der Waals surface area contributed by atoms with Crippen LogP contribution in [-0.2, 0) is 13.0 Å². The second-order valence-electron chi connectivity index (χ2n) is 6.36. The largest absolute Gasteiger partial charge is 0.331 e. The maximum atomic E-state index is 13.0. The number of amides is 1. The van der Waals surface area contributed by atoms with E-state index in [1.54, 1.807) is 0 Å². The maximum absolute atomic E-state index is 13.0.